The first-order valence-electron chi connectivity index (χ1n) is 8.18. The predicted molar refractivity (Wildman–Crippen MR) is 89.3 cm³/mol. The molecular weight excluding hydrogens is 274 g/mol. The van der Waals surface area contributed by atoms with E-state index in [0.29, 0.717) is 0 Å². The molecule has 2 rings (SSSR count). The van der Waals surface area contributed by atoms with Gasteiger partial charge in [-0.15, -0.1) is 0 Å². The highest BCUT2D eigenvalue weighted by Gasteiger charge is 2.51. The number of carbonyl (C=O) groups excluding carboxylic acids is 1. The summed E-state index contributed by atoms with van der Waals surface area (Å²) in [6, 6.07) is 9.19. The van der Waals surface area contributed by atoms with Crippen LogP contribution >= 0.6 is 0 Å². The van der Waals surface area contributed by atoms with E-state index >= 15 is 0 Å². The van der Waals surface area contributed by atoms with E-state index in [1.807, 2.05) is 37.3 Å². The fourth-order valence-electron chi connectivity index (χ4n) is 4.03. The van der Waals surface area contributed by atoms with Gasteiger partial charge in [-0.3, -0.25) is 4.79 Å². The highest BCUT2D eigenvalue weighted by molar-refractivity contribution is 5.81. The van der Waals surface area contributed by atoms with E-state index in [2.05, 4.69) is 33.0 Å². The molecule has 1 fully saturated rings. The summed E-state index contributed by atoms with van der Waals surface area (Å²) in [5.74, 6) is 0.0420. The summed E-state index contributed by atoms with van der Waals surface area (Å²) in [5, 5.41) is 13.5. The number of carbonyl (C=O) groups is 1. The summed E-state index contributed by atoms with van der Waals surface area (Å²) in [4.78, 5) is 12.8. The van der Waals surface area contributed by atoms with Crippen LogP contribution in [0.3, 0.4) is 0 Å². The Morgan fingerprint density at radius 1 is 1.14 bits per heavy atom. The van der Waals surface area contributed by atoms with Crippen molar-refractivity contribution in [2.24, 2.45) is 16.7 Å². The molecule has 122 valence electrons. The second-order valence-electron chi connectivity index (χ2n) is 8.06. The van der Waals surface area contributed by atoms with E-state index in [-0.39, 0.29) is 28.7 Å². The van der Waals surface area contributed by atoms with Gasteiger partial charge in [0.2, 0.25) is 5.91 Å². The molecule has 3 heteroatoms. The molecule has 1 amide bonds. The summed E-state index contributed by atoms with van der Waals surface area (Å²) in [6.07, 6.45) is 1.44. The summed E-state index contributed by atoms with van der Waals surface area (Å²) < 4.78 is 0. The maximum absolute atomic E-state index is 12.8. The van der Waals surface area contributed by atoms with E-state index in [1.54, 1.807) is 0 Å². The minimum atomic E-state index is -0.683. The third-order valence-corrected chi connectivity index (χ3v) is 5.22. The first-order valence-corrected chi connectivity index (χ1v) is 8.18. The minimum absolute atomic E-state index is 0.00496. The molecule has 3 nitrogen and oxygen atoms in total. The molecule has 1 aliphatic carbocycles. The highest BCUT2D eigenvalue weighted by atomic mass is 16.3. The Morgan fingerprint density at radius 2 is 1.64 bits per heavy atom. The van der Waals surface area contributed by atoms with Gasteiger partial charge < -0.3 is 10.4 Å². The molecule has 0 spiro atoms. The Hall–Kier alpha value is -1.35. The molecule has 22 heavy (non-hydrogen) atoms. The zero-order valence-corrected chi connectivity index (χ0v) is 14.4. The zero-order chi connectivity index (χ0) is 16.5. The molecule has 1 aliphatic rings. The quantitative estimate of drug-likeness (QED) is 0.891. The number of aliphatic hydroxyl groups is 1. The van der Waals surface area contributed by atoms with E-state index < -0.39 is 6.10 Å². The molecular formula is C19H29NO2. The molecule has 0 aromatic heterocycles. The minimum Gasteiger partial charge on any atom is -0.386 e. The average Bonchev–Trinajstić information content (AvgIpc) is 2.67. The largest absolute Gasteiger partial charge is 0.386 e. The normalized spacial score (nSPS) is 23.0. The summed E-state index contributed by atoms with van der Waals surface area (Å²) >= 11 is 0. The summed E-state index contributed by atoms with van der Waals surface area (Å²) in [5.41, 5.74) is 0.843. The lowest BCUT2D eigenvalue weighted by atomic mass is 9.71. The number of benzene rings is 1. The van der Waals surface area contributed by atoms with Crippen LogP contribution < -0.4 is 5.32 Å². The molecule has 2 N–H and O–H groups in total. The first kappa shape index (κ1) is 17.0. The predicted octanol–water partition coefficient (Wildman–Crippen LogP) is 3.69. The molecule has 1 aromatic rings. The van der Waals surface area contributed by atoms with Crippen molar-refractivity contribution in [3.63, 3.8) is 0 Å². The molecule has 2 atom stereocenters. The molecule has 2 unspecified atom stereocenters. The third-order valence-electron chi connectivity index (χ3n) is 5.22. The van der Waals surface area contributed by atoms with Crippen LogP contribution in [0.25, 0.3) is 0 Å². The molecule has 1 aromatic carbocycles. The number of aliphatic hydroxyl groups excluding tert-OH is 1. The molecule has 0 heterocycles. The Labute approximate surface area is 134 Å². The molecule has 0 aliphatic heterocycles. The number of rotatable bonds is 4. The fraction of sp³-hybridized carbons (Fsp3) is 0.632. The van der Waals surface area contributed by atoms with E-state index in [1.165, 1.54) is 0 Å². The molecule has 0 bridgehead atoms. The van der Waals surface area contributed by atoms with Crippen LogP contribution in [0.2, 0.25) is 0 Å². The van der Waals surface area contributed by atoms with Crippen molar-refractivity contribution in [1.29, 1.82) is 0 Å². The summed E-state index contributed by atoms with van der Waals surface area (Å²) in [7, 11) is 0. The first-order chi connectivity index (χ1) is 10.1. The van der Waals surface area contributed by atoms with Gasteiger partial charge in [0.05, 0.1) is 12.1 Å². The van der Waals surface area contributed by atoms with Crippen molar-refractivity contribution < 1.29 is 9.90 Å². The van der Waals surface area contributed by atoms with Gasteiger partial charge in [0, 0.05) is 5.92 Å². The second kappa shape index (κ2) is 6.04. The van der Waals surface area contributed by atoms with Crippen molar-refractivity contribution in [3.05, 3.63) is 35.9 Å². The van der Waals surface area contributed by atoms with Gasteiger partial charge in [0.25, 0.3) is 0 Å². The Balaban J connectivity index is 2.08. The smallest absolute Gasteiger partial charge is 0.224 e. The Morgan fingerprint density at radius 3 is 2.14 bits per heavy atom. The van der Waals surface area contributed by atoms with Gasteiger partial charge in [-0.1, -0.05) is 58.0 Å². The third kappa shape index (κ3) is 3.35. The number of hydrogen-bond donors (Lipinski definition) is 2. The lowest BCUT2D eigenvalue weighted by Crippen LogP contribution is -2.47. The monoisotopic (exact) mass is 303 g/mol. The van der Waals surface area contributed by atoms with Gasteiger partial charge in [-0.2, -0.15) is 0 Å². The zero-order valence-electron chi connectivity index (χ0n) is 14.4. The van der Waals surface area contributed by atoms with Crippen LogP contribution in [0.4, 0.5) is 0 Å². The van der Waals surface area contributed by atoms with Gasteiger partial charge in [0.1, 0.15) is 0 Å². The van der Waals surface area contributed by atoms with Crippen LogP contribution in [0.1, 0.15) is 59.1 Å². The van der Waals surface area contributed by atoms with E-state index in [0.717, 1.165) is 18.4 Å². The van der Waals surface area contributed by atoms with Crippen LogP contribution in [0.5, 0.6) is 0 Å². The van der Waals surface area contributed by atoms with Crippen molar-refractivity contribution in [2.45, 2.75) is 59.6 Å². The maximum atomic E-state index is 12.8. The van der Waals surface area contributed by atoms with Crippen LogP contribution in [-0.4, -0.2) is 17.1 Å². The SMILES string of the molecule is CC(NC(=O)C1C(C)(C)CCC1(C)C)C(O)c1ccccc1. The van der Waals surface area contributed by atoms with Crippen LogP contribution in [0.15, 0.2) is 30.3 Å². The molecule has 0 saturated heterocycles. The van der Waals surface area contributed by atoms with Crippen molar-refractivity contribution in [1.82, 2.24) is 5.32 Å². The number of amides is 1. The van der Waals surface area contributed by atoms with Crippen molar-refractivity contribution >= 4 is 5.91 Å². The average molecular weight is 303 g/mol. The van der Waals surface area contributed by atoms with Gasteiger partial charge >= 0.3 is 0 Å². The highest BCUT2D eigenvalue weighted by Crippen LogP contribution is 2.53. The van der Waals surface area contributed by atoms with E-state index in [9.17, 15) is 9.90 Å². The van der Waals surface area contributed by atoms with Gasteiger partial charge in [-0.05, 0) is 36.2 Å². The Bertz CT molecular complexity index is 505. The van der Waals surface area contributed by atoms with Crippen molar-refractivity contribution in [3.8, 4) is 0 Å². The fourth-order valence-corrected chi connectivity index (χ4v) is 4.03. The topological polar surface area (TPSA) is 49.3 Å². The number of nitrogens with one attached hydrogen (secondary N) is 1. The second-order valence-corrected chi connectivity index (χ2v) is 8.06. The lowest BCUT2D eigenvalue weighted by molar-refractivity contribution is -0.132. The van der Waals surface area contributed by atoms with Crippen molar-refractivity contribution in [2.75, 3.05) is 0 Å². The maximum Gasteiger partial charge on any atom is 0.224 e. The number of hydrogen-bond acceptors (Lipinski definition) is 2. The van der Waals surface area contributed by atoms with Crippen LogP contribution in [-0.2, 0) is 4.79 Å². The van der Waals surface area contributed by atoms with Crippen LogP contribution in [0, 0.1) is 16.7 Å². The van der Waals surface area contributed by atoms with Gasteiger partial charge in [-0.25, -0.2) is 0 Å². The molecule has 1 saturated carbocycles. The lowest BCUT2D eigenvalue weighted by Gasteiger charge is -2.35. The summed E-state index contributed by atoms with van der Waals surface area (Å²) in [6.45, 7) is 10.5. The van der Waals surface area contributed by atoms with Gasteiger partial charge in [0.15, 0.2) is 0 Å². The Kier molecular flexibility index (Phi) is 4.67. The van der Waals surface area contributed by atoms with E-state index in [4.69, 9.17) is 0 Å². The molecule has 0 radical (unpaired) electrons. The standard InChI is InChI=1S/C19H29NO2/c1-13(15(21)14-9-7-6-8-10-14)20-17(22)16-18(2,3)11-12-19(16,4)5/h6-10,13,15-16,21H,11-12H2,1-5H3,(H,20,22).